The minimum Gasteiger partial charge on any atom is -0.491 e. The molecule has 1 N–H and O–H groups in total. The van der Waals surface area contributed by atoms with Crippen molar-refractivity contribution >= 4 is 17.1 Å². The van der Waals surface area contributed by atoms with Gasteiger partial charge in [0.1, 0.15) is 5.75 Å². The number of nitrogens with one attached hydrogen (secondary N) is 1. The molecule has 0 spiro atoms. The third-order valence-corrected chi connectivity index (χ3v) is 2.47. The topological polar surface area (TPSA) is 82.2 Å². The Kier molecular flexibility index (Phi) is 3.88. The number of anilines is 2. The Labute approximate surface area is 116 Å². The van der Waals surface area contributed by atoms with Crippen LogP contribution in [-0.4, -0.2) is 20.8 Å². The molecule has 2 aromatic rings. The third kappa shape index (κ3) is 3.47. The van der Waals surface area contributed by atoms with Gasteiger partial charge in [-0.15, -0.1) is 0 Å². The number of nitrogens with zero attached hydrogens (tertiary/aromatic N) is 3. The first-order valence-electron chi connectivity index (χ1n) is 6.16. The molecule has 1 aromatic heterocycles. The molecule has 1 aromatic carbocycles. The number of nitro groups is 1. The fourth-order valence-electron chi connectivity index (χ4n) is 1.75. The smallest absolute Gasteiger partial charge is 0.275 e. The number of nitro benzene ring substituents is 1. The SMILES string of the molecule is CC(C)Oc1cc(Nc2cnn(C)c2)cc([N+](=O)[O-])c1. The van der Waals surface area contributed by atoms with E-state index in [1.165, 1.54) is 12.1 Å². The maximum Gasteiger partial charge on any atom is 0.275 e. The number of hydrogen-bond donors (Lipinski definition) is 1. The lowest BCUT2D eigenvalue weighted by atomic mass is 10.2. The summed E-state index contributed by atoms with van der Waals surface area (Å²) in [6.07, 6.45) is 3.37. The average Bonchev–Trinajstić information content (AvgIpc) is 2.73. The largest absolute Gasteiger partial charge is 0.491 e. The molecular formula is C13H16N4O3. The van der Waals surface area contributed by atoms with E-state index in [-0.39, 0.29) is 11.8 Å². The molecule has 2 rings (SSSR count). The molecule has 20 heavy (non-hydrogen) atoms. The molecule has 1 heterocycles. The predicted octanol–water partition coefficient (Wildman–Crippen LogP) is 2.86. The summed E-state index contributed by atoms with van der Waals surface area (Å²) in [5.74, 6) is 0.459. The van der Waals surface area contributed by atoms with E-state index in [0.717, 1.165) is 5.69 Å². The van der Waals surface area contributed by atoms with Crippen molar-refractivity contribution in [1.82, 2.24) is 9.78 Å². The summed E-state index contributed by atoms with van der Waals surface area (Å²) >= 11 is 0. The van der Waals surface area contributed by atoms with Crippen LogP contribution in [-0.2, 0) is 7.05 Å². The van der Waals surface area contributed by atoms with Crippen LogP contribution in [0.1, 0.15) is 13.8 Å². The first kappa shape index (κ1) is 13.9. The number of benzene rings is 1. The van der Waals surface area contributed by atoms with Crippen LogP contribution < -0.4 is 10.1 Å². The van der Waals surface area contributed by atoms with Crippen LogP contribution in [0.25, 0.3) is 0 Å². The van der Waals surface area contributed by atoms with Crippen LogP contribution in [0.3, 0.4) is 0 Å². The Morgan fingerprint density at radius 2 is 2.10 bits per heavy atom. The van der Waals surface area contributed by atoms with Gasteiger partial charge in [0.05, 0.1) is 29.0 Å². The molecule has 0 unspecified atom stereocenters. The Morgan fingerprint density at radius 1 is 1.35 bits per heavy atom. The molecule has 0 amide bonds. The zero-order valence-corrected chi connectivity index (χ0v) is 11.5. The zero-order chi connectivity index (χ0) is 14.7. The van der Waals surface area contributed by atoms with Crippen LogP contribution in [0, 0.1) is 10.1 Å². The molecule has 7 heteroatoms. The van der Waals surface area contributed by atoms with Crippen LogP contribution in [0.5, 0.6) is 5.75 Å². The standard InChI is InChI=1S/C13H16N4O3/c1-9(2)20-13-5-10(4-12(6-13)17(18)19)15-11-7-14-16(3)8-11/h4-9,15H,1-3H3. The normalized spacial score (nSPS) is 10.6. The highest BCUT2D eigenvalue weighted by Crippen LogP contribution is 2.28. The Balaban J connectivity index is 2.31. The number of ether oxygens (including phenoxy) is 1. The highest BCUT2D eigenvalue weighted by molar-refractivity contribution is 5.63. The second-order valence-electron chi connectivity index (χ2n) is 4.67. The van der Waals surface area contributed by atoms with Crippen LogP contribution in [0.2, 0.25) is 0 Å². The van der Waals surface area contributed by atoms with Crippen LogP contribution >= 0.6 is 0 Å². The van der Waals surface area contributed by atoms with E-state index in [4.69, 9.17) is 4.74 Å². The summed E-state index contributed by atoms with van der Waals surface area (Å²) in [7, 11) is 1.80. The summed E-state index contributed by atoms with van der Waals surface area (Å²) in [6.45, 7) is 3.74. The summed E-state index contributed by atoms with van der Waals surface area (Å²) < 4.78 is 7.17. The molecule has 0 atom stereocenters. The summed E-state index contributed by atoms with van der Waals surface area (Å²) in [4.78, 5) is 10.5. The fourth-order valence-corrected chi connectivity index (χ4v) is 1.75. The van der Waals surface area contributed by atoms with Crippen molar-refractivity contribution in [1.29, 1.82) is 0 Å². The number of hydrogen-bond acceptors (Lipinski definition) is 5. The molecule has 106 valence electrons. The monoisotopic (exact) mass is 276 g/mol. The number of aromatic nitrogens is 2. The molecule has 0 radical (unpaired) electrons. The molecular weight excluding hydrogens is 260 g/mol. The van der Waals surface area contributed by atoms with Gasteiger partial charge in [-0.1, -0.05) is 0 Å². The van der Waals surface area contributed by atoms with Gasteiger partial charge in [0.25, 0.3) is 5.69 Å². The Morgan fingerprint density at radius 3 is 2.65 bits per heavy atom. The number of rotatable bonds is 5. The minimum absolute atomic E-state index is 0.0189. The zero-order valence-electron chi connectivity index (χ0n) is 11.5. The first-order valence-corrected chi connectivity index (χ1v) is 6.16. The van der Waals surface area contributed by atoms with Crippen molar-refractivity contribution in [2.45, 2.75) is 20.0 Å². The molecule has 0 aliphatic heterocycles. The second-order valence-corrected chi connectivity index (χ2v) is 4.67. The van der Waals surface area contributed by atoms with Crippen molar-refractivity contribution in [3.63, 3.8) is 0 Å². The van der Waals surface area contributed by atoms with E-state index in [0.29, 0.717) is 11.4 Å². The molecule has 7 nitrogen and oxygen atoms in total. The van der Waals surface area contributed by atoms with Crippen LogP contribution in [0.4, 0.5) is 17.1 Å². The molecule has 0 fully saturated rings. The Bertz CT molecular complexity index is 622. The van der Waals surface area contributed by atoms with Crippen molar-refractivity contribution in [3.8, 4) is 5.75 Å². The van der Waals surface area contributed by atoms with Gasteiger partial charge >= 0.3 is 0 Å². The second kappa shape index (κ2) is 5.60. The van der Waals surface area contributed by atoms with Gasteiger partial charge in [-0.05, 0) is 13.8 Å². The summed E-state index contributed by atoms with van der Waals surface area (Å²) in [5.41, 5.74) is 1.32. The molecule has 0 aliphatic carbocycles. The molecule has 0 saturated carbocycles. The fraction of sp³-hybridized carbons (Fsp3) is 0.308. The maximum atomic E-state index is 11.0. The number of aryl methyl sites for hydroxylation is 1. The van der Waals surface area contributed by atoms with Gasteiger partial charge in [0.15, 0.2) is 0 Å². The van der Waals surface area contributed by atoms with Crippen molar-refractivity contribution in [3.05, 3.63) is 40.7 Å². The predicted molar refractivity (Wildman–Crippen MR) is 75.4 cm³/mol. The van der Waals surface area contributed by atoms with E-state index < -0.39 is 4.92 Å². The first-order chi connectivity index (χ1) is 9.44. The lowest BCUT2D eigenvalue weighted by Gasteiger charge is -2.11. The minimum atomic E-state index is -0.443. The van der Waals surface area contributed by atoms with Crippen molar-refractivity contribution in [2.24, 2.45) is 7.05 Å². The highest BCUT2D eigenvalue weighted by atomic mass is 16.6. The van der Waals surface area contributed by atoms with Gasteiger partial charge in [-0.25, -0.2) is 0 Å². The summed E-state index contributed by atoms with van der Waals surface area (Å²) in [6, 6.07) is 4.59. The van der Waals surface area contributed by atoms with Crippen molar-refractivity contribution < 1.29 is 9.66 Å². The average molecular weight is 276 g/mol. The quantitative estimate of drug-likeness (QED) is 0.670. The lowest BCUT2D eigenvalue weighted by Crippen LogP contribution is -2.06. The molecule has 0 bridgehead atoms. The van der Waals surface area contributed by atoms with E-state index in [1.54, 1.807) is 30.2 Å². The molecule has 0 aliphatic rings. The van der Waals surface area contributed by atoms with E-state index >= 15 is 0 Å². The van der Waals surface area contributed by atoms with Crippen molar-refractivity contribution in [2.75, 3.05) is 5.32 Å². The molecule has 0 saturated heterocycles. The summed E-state index contributed by atoms with van der Waals surface area (Å²) in [5, 5.41) is 18.0. The Hall–Kier alpha value is -2.57. The van der Waals surface area contributed by atoms with Gasteiger partial charge in [0.2, 0.25) is 0 Å². The highest BCUT2D eigenvalue weighted by Gasteiger charge is 2.12. The van der Waals surface area contributed by atoms with E-state index in [2.05, 4.69) is 10.4 Å². The lowest BCUT2D eigenvalue weighted by molar-refractivity contribution is -0.384. The number of non-ortho nitro benzene ring substituents is 1. The van der Waals surface area contributed by atoms with Gasteiger partial charge in [-0.3, -0.25) is 14.8 Å². The van der Waals surface area contributed by atoms with Gasteiger partial charge < -0.3 is 10.1 Å². The van der Waals surface area contributed by atoms with E-state index in [1.807, 2.05) is 13.8 Å². The van der Waals surface area contributed by atoms with Crippen LogP contribution in [0.15, 0.2) is 30.6 Å². The third-order valence-electron chi connectivity index (χ3n) is 2.47. The van der Waals surface area contributed by atoms with Gasteiger partial charge in [-0.2, -0.15) is 5.10 Å². The van der Waals surface area contributed by atoms with E-state index in [9.17, 15) is 10.1 Å². The van der Waals surface area contributed by atoms with Gasteiger partial charge in [0, 0.05) is 31.1 Å². The maximum absolute atomic E-state index is 11.0.